The molecule has 0 aromatic carbocycles. The summed E-state index contributed by atoms with van der Waals surface area (Å²) in [4.78, 5) is 19.3. The molecule has 1 atom stereocenters. The van der Waals surface area contributed by atoms with Crippen LogP contribution in [0.4, 0.5) is 0 Å². The Labute approximate surface area is 113 Å². The molecule has 0 radical (unpaired) electrons. The number of hydrogen-bond donors (Lipinski definition) is 2. The van der Waals surface area contributed by atoms with Crippen molar-refractivity contribution in [3.05, 3.63) is 0 Å². The molecule has 7 nitrogen and oxygen atoms in total. The highest BCUT2D eigenvalue weighted by Crippen LogP contribution is 2.17. The van der Waals surface area contributed by atoms with Crippen molar-refractivity contribution < 1.29 is 14.4 Å². The molecule has 108 valence electrons. The Kier molecular flexibility index (Phi) is 5.12. The summed E-state index contributed by atoms with van der Waals surface area (Å²) in [5.74, 6) is -0.214. The molecule has 2 fully saturated rings. The van der Waals surface area contributed by atoms with Crippen LogP contribution in [0.3, 0.4) is 0 Å². The zero-order valence-corrected chi connectivity index (χ0v) is 11.1. The predicted molar refractivity (Wildman–Crippen MR) is 69.6 cm³/mol. The van der Waals surface area contributed by atoms with E-state index < -0.39 is 0 Å². The highest BCUT2D eigenvalue weighted by atomic mass is 16.7. The second-order valence-electron chi connectivity index (χ2n) is 4.96. The molecule has 2 aliphatic rings. The van der Waals surface area contributed by atoms with E-state index in [1.165, 1.54) is 0 Å². The number of nitrogens with one attached hydrogen (secondary N) is 1. The van der Waals surface area contributed by atoms with E-state index in [9.17, 15) is 4.79 Å². The second kappa shape index (κ2) is 6.83. The van der Waals surface area contributed by atoms with Crippen LogP contribution in [0.15, 0.2) is 0 Å². The number of hydroxylamine groups is 2. The molecule has 0 amide bonds. The molecule has 0 bridgehead atoms. The summed E-state index contributed by atoms with van der Waals surface area (Å²) in [6, 6.07) is -0.262. The minimum absolute atomic E-state index is 0.0684. The fraction of sp³-hybridized carbons (Fsp3) is 0.833. The Morgan fingerprint density at radius 3 is 2.74 bits per heavy atom. The third-order valence-corrected chi connectivity index (χ3v) is 3.49. The van der Waals surface area contributed by atoms with Gasteiger partial charge in [-0.1, -0.05) is 0 Å². The lowest BCUT2D eigenvalue weighted by Gasteiger charge is -2.33. The number of carbonyl (C=O) groups is 1. The molecular weight excluding hydrogens is 248 g/mol. The van der Waals surface area contributed by atoms with E-state index in [0.29, 0.717) is 19.8 Å². The number of rotatable bonds is 4. The average molecular weight is 270 g/mol. The van der Waals surface area contributed by atoms with Crippen LogP contribution < -0.4 is 5.73 Å². The van der Waals surface area contributed by atoms with Crippen molar-refractivity contribution in [3.8, 4) is 0 Å². The van der Waals surface area contributed by atoms with Gasteiger partial charge < -0.3 is 15.3 Å². The number of nitrogens with zero attached hydrogens (tertiary/aromatic N) is 2. The summed E-state index contributed by atoms with van der Waals surface area (Å²) >= 11 is 0. The molecule has 3 N–H and O–H groups in total. The van der Waals surface area contributed by atoms with E-state index >= 15 is 0 Å². The van der Waals surface area contributed by atoms with Crippen molar-refractivity contribution >= 4 is 11.8 Å². The summed E-state index contributed by atoms with van der Waals surface area (Å²) < 4.78 is 5.23. The minimum Gasteiger partial charge on any atom is -0.386 e. The third kappa shape index (κ3) is 4.15. The van der Waals surface area contributed by atoms with Gasteiger partial charge in [-0.3, -0.25) is 10.3 Å². The fourth-order valence-corrected chi connectivity index (χ4v) is 2.43. The monoisotopic (exact) mass is 270 g/mol. The number of nitrogens with two attached hydrogens (primary N) is 1. The number of piperidine rings is 1. The highest BCUT2D eigenvalue weighted by Gasteiger charge is 2.28. The summed E-state index contributed by atoms with van der Waals surface area (Å²) in [7, 11) is 0. The molecule has 1 unspecified atom stereocenters. The van der Waals surface area contributed by atoms with Gasteiger partial charge in [-0.25, -0.2) is 4.79 Å². The van der Waals surface area contributed by atoms with Crippen LogP contribution in [0.5, 0.6) is 0 Å². The molecule has 0 aliphatic carbocycles. The van der Waals surface area contributed by atoms with Gasteiger partial charge in [0.1, 0.15) is 11.9 Å². The molecule has 2 aliphatic heterocycles. The van der Waals surface area contributed by atoms with Crippen LogP contribution in [0, 0.1) is 5.41 Å². The largest absolute Gasteiger partial charge is 0.386 e. The van der Waals surface area contributed by atoms with Crippen LogP contribution in [-0.2, 0) is 14.4 Å². The quantitative estimate of drug-likeness (QED) is 0.532. The van der Waals surface area contributed by atoms with Crippen LogP contribution in [0.2, 0.25) is 0 Å². The van der Waals surface area contributed by atoms with Gasteiger partial charge in [0.15, 0.2) is 0 Å². The molecule has 7 heteroatoms. The van der Waals surface area contributed by atoms with E-state index in [-0.39, 0.29) is 24.4 Å². The lowest BCUT2D eigenvalue weighted by Crippen LogP contribution is -2.49. The Balaban J connectivity index is 1.80. The maximum Gasteiger partial charge on any atom is 0.339 e. The lowest BCUT2D eigenvalue weighted by atomic mass is 10.0. The van der Waals surface area contributed by atoms with Crippen LogP contribution in [0.1, 0.15) is 19.3 Å². The Morgan fingerprint density at radius 2 is 2.05 bits per heavy atom. The molecule has 0 aromatic rings. The smallest absolute Gasteiger partial charge is 0.339 e. The van der Waals surface area contributed by atoms with E-state index in [4.69, 9.17) is 20.7 Å². The maximum absolute atomic E-state index is 11.9. The first-order valence-electron chi connectivity index (χ1n) is 6.78. The predicted octanol–water partition coefficient (Wildman–Crippen LogP) is -0.433. The van der Waals surface area contributed by atoms with Gasteiger partial charge in [0.05, 0.1) is 19.8 Å². The minimum atomic E-state index is -0.282. The summed E-state index contributed by atoms with van der Waals surface area (Å²) in [6.45, 7) is 3.75. The standard InChI is InChI=1S/C12H22N4O3/c13-12(14)10-3-1-2-4-16(10)19-11(17)9-15-5-7-18-8-6-15/h10H,1-9H2,(H3,13,14). The van der Waals surface area contributed by atoms with Crippen LogP contribution in [-0.4, -0.2) is 67.2 Å². The Hall–Kier alpha value is -1.18. The van der Waals surface area contributed by atoms with Gasteiger partial charge in [0.25, 0.3) is 0 Å². The molecule has 2 saturated heterocycles. The number of morpholine rings is 1. The zero-order chi connectivity index (χ0) is 13.7. The number of carbonyl (C=O) groups excluding carboxylic acids is 1. The first kappa shape index (κ1) is 14.2. The van der Waals surface area contributed by atoms with Gasteiger partial charge in [-0.05, 0) is 19.3 Å². The summed E-state index contributed by atoms with van der Waals surface area (Å²) in [6.07, 6.45) is 2.76. The van der Waals surface area contributed by atoms with E-state index in [1.807, 2.05) is 4.90 Å². The van der Waals surface area contributed by atoms with Crippen molar-refractivity contribution in [2.45, 2.75) is 25.3 Å². The molecule has 0 aromatic heterocycles. The van der Waals surface area contributed by atoms with Crippen molar-refractivity contribution in [2.24, 2.45) is 5.73 Å². The third-order valence-electron chi connectivity index (χ3n) is 3.49. The van der Waals surface area contributed by atoms with Crippen molar-refractivity contribution in [1.82, 2.24) is 9.96 Å². The zero-order valence-electron chi connectivity index (χ0n) is 11.1. The van der Waals surface area contributed by atoms with E-state index in [0.717, 1.165) is 32.4 Å². The van der Waals surface area contributed by atoms with Gasteiger partial charge in [0, 0.05) is 19.6 Å². The van der Waals surface area contributed by atoms with Crippen LogP contribution in [0.25, 0.3) is 0 Å². The van der Waals surface area contributed by atoms with Crippen molar-refractivity contribution in [2.75, 3.05) is 39.4 Å². The second-order valence-corrected chi connectivity index (χ2v) is 4.96. The molecular formula is C12H22N4O3. The molecule has 0 spiro atoms. The SMILES string of the molecule is N=C(N)C1CCCCN1OC(=O)CN1CCOCC1. The molecule has 19 heavy (non-hydrogen) atoms. The Morgan fingerprint density at radius 1 is 1.32 bits per heavy atom. The molecule has 0 saturated carbocycles. The average Bonchev–Trinajstić information content (AvgIpc) is 2.40. The van der Waals surface area contributed by atoms with Crippen LogP contribution >= 0.6 is 0 Å². The number of ether oxygens (including phenoxy) is 1. The van der Waals surface area contributed by atoms with Crippen molar-refractivity contribution in [1.29, 1.82) is 5.41 Å². The van der Waals surface area contributed by atoms with Gasteiger partial charge in [0.2, 0.25) is 0 Å². The van der Waals surface area contributed by atoms with Gasteiger partial charge in [-0.15, -0.1) is 5.06 Å². The first-order valence-corrected chi connectivity index (χ1v) is 6.78. The molecule has 2 heterocycles. The normalized spacial score (nSPS) is 26.0. The van der Waals surface area contributed by atoms with Gasteiger partial charge in [-0.2, -0.15) is 0 Å². The first-order chi connectivity index (χ1) is 9.16. The number of hydrogen-bond acceptors (Lipinski definition) is 6. The van der Waals surface area contributed by atoms with E-state index in [1.54, 1.807) is 5.06 Å². The van der Waals surface area contributed by atoms with Crippen molar-refractivity contribution in [3.63, 3.8) is 0 Å². The van der Waals surface area contributed by atoms with E-state index in [2.05, 4.69) is 0 Å². The topological polar surface area (TPSA) is 91.9 Å². The lowest BCUT2D eigenvalue weighted by molar-refractivity contribution is -0.202. The van der Waals surface area contributed by atoms with Gasteiger partial charge >= 0.3 is 5.97 Å². The summed E-state index contributed by atoms with van der Waals surface area (Å²) in [5, 5.41) is 9.10. The maximum atomic E-state index is 11.9. The number of amidine groups is 1. The Bertz CT molecular complexity index is 331. The molecule has 2 rings (SSSR count). The summed E-state index contributed by atoms with van der Waals surface area (Å²) in [5.41, 5.74) is 5.54. The fourth-order valence-electron chi connectivity index (χ4n) is 2.43. The highest BCUT2D eigenvalue weighted by molar-refractivity contribution is 5.83.